The molecule has 1 aromatic carbocycles. The van der Waals surface area contributed by atoms with Crippen LogP contribution in [-0.4, -0.2) is 30.9 Å². The smallest absolute Gasteiger partial charge is 0.315 e. The van der Waals surface area contributed by atoms with Crippen molar-refractivity contribution in [3.05, 3.63) is 35.4 Å². The summed E-state index contributed by atoms with van der Waals surface area (Å²) in [4.78, 5) is 11.6. The van der Waals surface area contributed by atoms with Crippen LogP contribution in [0.5, 0.6) is 0 Å². The van der Waals surface area contributed by atoms with Crippen molar-refractivity contribution in [2.75, 3.05) is 13.7 Å². The summed E-state index contributed by atoms with van der Waals surface area (Å²) in [6.07, 6.45) is 0.702. The number of hydrogen-bond acceptors (Lipinski definition) is 3. The number of hydrogen-bond donors (Lipinski definition) is 3. The number of ether oxygens (including phenoxy) is 1. The fourth-order valence-electron chi connectivity index (χ4n) is 1.69. The van der Waals surface area contributed by atoms with E-state index in [1.54, 1.807) is 7.11 Å². The van der Waals surface area contributed by atoms with Gasteiger partial charge in [-0.2, -0.15) is 0 Å². The van der Waals surface area contributed by atoms with Gasteiger partial charge >= 0.3 is 6.03 Å². The van der Waals surface area contributed by atoms with Gasteiger partial charge in [0.25, 0.3) is 0 Å². The highest BCUT2D eigenvalue weighted by molar-refractivity contribution is 5.74. The lowest BCUT2D eigenvalue weighted by Crippen LogP contribution is -2.43. The van der Waals surface area contributed by atoms with E-state index in [4.69, 9.17) is 9.84 Å². The minimum absolute atomic E-state index is 0.0484. The highest BCUT2D eigenvalue weighted by atomic mass is 16.5. The maximum atomic E-state index is 11.6. The molecule has 2 amide bonds. The Morgan fingerprint density at radius 1 is 1.42 bits per heavy atom. The number of nitrogens with one attached hydrogen (secondary N) is 2. The third-order valence-electron chi connectivity index (χ3n) is 2.80. The number of rotatable bonds is 7. The molecule has 0 saturated heterocycles. The largest absolute Gasteiger partial charge is 0.394 e. The second-order valence-electron chi connectivity index (χ2n) is 4.37. The standard InChI is InChI=1S/C14H22N2O3/c1-3-13(9-17)16-14(18)15-8-11-5-4-6-12(7-11)10-19-2/h4-7,13,17H,3,8-10H2,1-2H3,(H2,15,16,18). The lowest BCUT2D eigenvalue weighted by Gasteiger charge is -2.14. The SMILES string of the molecule is CCC(CO)NC(=O)NCc1cccc(COC)c1. The van der Waals surface area contributed by atoms with Gasteiger partial charge in [0.05, 0.1) is 19.3 Å². The van der Waals surface area contributed by atoms with Gasteiger partial charge in [0.2, 0.25) is 0 Å². The Labute approximate surface area is 114 Å². The zero-order chi connectivity index (χ0) is 14.1. The Kier molecular flexibility index (Phi) is 6.92. The van der Waals surface area contributed by atoms with Crippen molar-refractivity contribution < 1.29 is 14.6 Å². The predicted octanol–water partition coefficient (Wildman–Crippen LogP) is 1.40. The first-order valence-electron chi connectivity index (χ1n) is 6.41. The zero-order valence-corrected chi connectivity index (χ0v) is 11.5. The fraction of sp³-hybridized carbons (Fsp3) is 0.500. The van der Waals surface area contributed by atoms with Crippen LogP contribution in [0.25, 0.3) is 0 Å². The summed E-state index contributed by atoms with van der Waals surface area (Å²) in [6, 6.07) is 7.39. The Morgan fingerprint density at radius 2 is 2.16 bits per heavy atom. The normalized spacial score (nSPS) is 11.9. The van der Waals surface area contributed by atoms with E-state index < -0.39 is 0 Å². The fourth-order valence-corrected chi connectivity index (χ4v) is 1.69. The molecule has 0 spiro atoms. The molecule has 0 bridgehead atoms. The predicted molar refractivity (Wildman–Crippen MR) is 73.7 cm³/mol. The highest BCUT2D eigenvalue weighted by Crippen LogP contribution is 2.06. The first-order valence-corrected chi connectivity index (χ1v) is 6.41. The summed E-state index contributed by atoms with van der Waals surface area (Å²) in [5, 5.41) is 14.5. The summed E-state index contributed by atoms with van der Waals surface area (Å²) in [6.45, 7) is 2.87. The van der Waals surface area contributed by atoms with E-state index in [-0.39, 0.29) is 18.7 Å². The van der Waals surface area contributed by atoms with Crippen LogP contribution in [0.2, 0.25) is 0 Å². The monoisotopic (exact) mass is 266 g/mol. The summed E-state index contributed by atoms with van der Waals surface area (Å²) in [7, 11) is 1.65. The maximum absolute atomic E-state index is 11.6. The van der Waals surface area contributed by atoms with Crippen molar-refractivity contribution in [2.45, 2.75) is 32.5 Å². The summed E-state index contributed by atoms with van der Waals surface area (Å²) < 4.78 is 5.06. The van der Waals surface area contributed by atoms with Crippen LogP contribution in [0.1, 0.15) is 24.5 Å². The van der Waals surface area contributed by atoms with Gasteiger partial charge in [-0.15, -0.1) is 0 Å². The van der Waals surface area contributed by atoms with Gasteiger partial charge < -0.3 is 20.5 Å². The van der Waals surface area contributed by atoms with Crippen molar-refractivity contribution in [3.8, 4) is 0 Å². The van der Waals surface area contributed by atoms with Crippen molar-refractivity contribution in [2.24, 2.45) is 0 Å². The topological polar surface area (TPSA) is 70.6 Å². The highest BCUT2D eigenvalue weighted by Gasteiger charge is 2.08. The van der Waals surface area contributed by atoms with E-state index in [2.05, 4.69) is 10.6 Å². The number of carbonyl (C=O) groups is 1. The van der Waals surface area contributed by atoms with E-state index in [0.717, 1.165) is 11.1 Å². The molecule has 0 heterocycles. The lowest BCUT2D eigenvalue weighted by atomic mass is 10.1. The molecule has 0 aromatic heterocycles. The Bertz CT molecular complexity index is 392. The molecule has 0 aliphatic rings. The maximum Gasteiger partial charge on any atom is 0.315 e. The van der Waals surface area contributed by atoms with E-state index >= 15 is 0 Å². The molecule has 0 radical (unpaired) electrons. The summed E-state index contributed by atoms with van der Waals surface area (Å²) in [5.74, 6) is 0. The van der Waals surface area contributed by atoms with Crippen molar-refractivity contribution in [3.63, 3.8) is 0 Å². The van der Waals surface area contributed by atoms with Gasteiger partial charge in [-0.3, -0.25) is 0 Å². The minimum Gasteiger partial charge on any atom is -0.394 e. The molecule has 1 atom stereocenters. The third-order valence-corrected chi connectivity index (χ3v) is 2.80. The number of urea groups is 1. The first-order chi connectivity index (χ1) is 9.19. The molecule has 0 aliphatic carbocycles. The number of aliphatic hydroxyl groups excluding tert-OH is 1. The molecule has 19 heavy (non-hydrogen) atoms. The van der Waals surface area contributed by atoms with Gasteiger partial charge in [0.15, 0.2) is 0 Å². The molecule has 0 aliphatic heterocycles. The van der Waals surface area contributed by atoms with Crippen LogP contribution in [0, 0.1) is 0 Å². The molecule has 0 fully saturated rings. The van der Waals surface area contributed by atoms with Crippen molar-refractivity contribution in [1.82, 2.24) is 10.6 Å². The van der Waals surface area contributed by atoms with Gasteiger partial charge in [0, 0.05) is 13.7 Å². The molecule has 106 valence electrons. The van der Waals surface area contributed by atoms with Gasteiger partial charge in [-0.1, -0.05) is 31.2 Å². The molecule has 5 nitrogen and oxygen atoms in total. The number of benzene rings is 1. The van der Waals surface area contributed by atoms with Crippen LogP contribution in [0.3, 0.4) is 0 Å². The molecular weight excluding hydrogens is 244 g/mol. The van der Waals surface area contributed by atoms with Crippen LogP contribution >= 0.6 is 0 Å². The van der Waals surface area contributed by atoms with Crippen LogP contribution in [0.15, 0.2) is 24.3 Å². The van der Waals surface area contributed by atoms with Gasteiger partial charge in [-0.05, 0) is 17.5 Å². The zero-order valence-electron chi connectivity index (χ0n) is 11.5. The van der Waals surface area contributed by atoms with Crippen molar-refractivity contribution >= 4 is 6.03 Å². The quantitative estimate of drug-likeness (QED) is 0.698. The van der Waals surface area contributed by atoms with Gasteiger partial charge in [0.1, 0.15) is 0 Å². The number of methoxy groups -OCH3 is 1. The van der Waals surface area contributed by atoms with E-state index in [9.17, 15) is 4.79 Å². The summed E-state index contributed by atoms with van der Waals surface area (Å²) in [5.41, 5.74) is 2.09. The molecule has 1 rings (SSSR count). The van der Waals surface area contributed by atoms with Gasteiger partial charge in [-0.25, -0.2) is 4.79 Å². The van der Waals surface area contributed by atoms with E-state index in [1.807, 2.05) is 31.2 Å². The second-order valence-corrected chi connectivity index (χ2v) is 4.37. The molecule has 1 unspecified atom stereocenters. The number of aliphatic hydroxyl groups is 1. The average molecular weight is 266 g/mol. The third kappa shape index (κ3) is 5.72. The summed E-state index contributed by atoms with van der Waals surface area (Å²) >= 11 is 0. The Morgan fingerprint density at radius 3 is 2.79 bits per heavy atom. The van der Waals surface area contributed by atoms with E-state index in [1.165, 1.54) is 0 Å². The van der Waals surface area contributed by atoms with Crippen molar-refractivity contribution in [1.29, 1.82) is 0 Å². The second kappa shape index (κ2) is 8.50. The minimum atomic E-state index is -0.266. The van der Waals surface area contributed by atoms with E-state index in [0.29, 0.717) is 19.6 Å². The lowest BCUT2D eigenvalue weighted by molar-refractivity contribution is 0.185. The Balaban J connectivity index is 2.43. The molecule has 1 aromatic rings. The molecule has 3 N–H and O–H groups in total. The van der Waals surface area contributed by atoms with Crippen LogP contribution in [0.4, 0.5) is 4.79 Å². The number of carbonyl (C=O) groups excluding carboxylic acids is 1. The Hall–Kier alpha value is -1.59. The molecule has 5 heteroatoms. The first kappa shape index (κ1) is 15.5. The molecular formula is C14H22N2O3. The average Bonchev–Trinajstić information content (AvgIpc) is 2.43. The molecule has 0 saturated carbocycles. The van der Waals surface area contributed by atoms with Crippen LogP contribution < -0.4 is 10.6 Å². The number of amides is 2. The van der Waals surface area contributed by atoms with Crippen LogP contribution in [-0.2, 0) is 17.9 Å².